The van der Waals surface area contributed by atoms with E-state index in [0.29, 0.717) is 5.96 Å². The largest absolute Gasteiger partial charge is 0.406 e. The number of guanidine groups is 1. The van der Waals surface area contributed by atoms with Gasteiger partial charge in [0.15, 0.2) is 5.96 Å². The van der Waals surface area contributed by atoms with E-state index in [0.717, 1.165) is 30.5 Å². The number of rotatable bonds is 3. The fourth-order valence-corrected chi connectivity index (χ4v) is 2.38. The van der Waals surface area contributed by atoms with Crippen molar-refractivity contribution in [1.82, 2.24) is 14.5 Å². The van der Waals surface area contributed by atoms with Crippen molar-refractivity contribution in [2.75, 3.05) is 13.1 Å². The van der Waals surface area contributed by atoms with Crippen LogP contribution in [0.15, 0.2) is 17.4 Å². The van der Waals surface area contributed by atoms with E-state index in [9.17, 15) is 13.2 Å². The topological polar surface area (TPSA) is 59.4 Å². The average molecular weight is 303 g/mol. The van der Waals surface area contributed by atoms with Gasteiger partial charge in [0.25, 0.3) is 0 Å². The van der Waals surface area contributed by atoms with Gasteiger partial charge in [0.1, 0.15) is 18.9 Å². The van der Waals surface area contributed by atoms with Crippen LogP contribution in [0.4, 0.5) is 13.2 Å². The van der Waals surface area contributed by atoms with Crippen molar-refractivity contribution in [3.8, 4) is 0 Å². The molecule has 21 heavy (non-hydrogen) atoms. The normalized spacial score (nSPS) is 17.9. The molecule has 0 spiro atoms. The number of aliphatic imine (C=N–C) groups is 1. The minimum absolute atomic E-state index is 0.0609. The zero-order valence-electron chi connectivity index (χ0n) is 11.8. The highest BCUT2D eigenvalue weighted by atomic mass is 19.4. The fraction of sp³-hybridized carbons (Fsp3) is 0.692. The lowest BCUT2D eigenvalue weighted by Crippen LogP contribution is -2.38. The molecule has 1 saturated heterocycles. The highest BCUT2D eigenvalue weighted by molar-refractivity contribution is 5.78. The number of likely N-dealkylation sites (tertiary alicyclic amines) is 1. The fourth-order valence-electron chi connectivity index (χ4n) is 2.38. The van der Waals surface area contributed by atoms with Crippen LogP contribution in [0.5, 0.6) is 0 Å². The lowest BCUT2D eigenvalue weighted by molar-refractivity contribution is -0.141. The van der Waals surface area contributed by atoms with Crippen LogP contribution in [-0.4, -0.2) is 39.7 Å². The Hall–Kier alpha value is -1.73. The molecule has 0 aromatic carbocycles. The molecule has 1 aromatic heterocycles. The highest BCUT2D eigenvalue weighted by Gasteiger charge is 2.28. The van der Waals surface area contributed by atoms with Crippen molar-refractivity contribution in [1.29, 1.82) is 0 Å². The van der Waals surface area contributed by atoms with E-state index in [2.05, 4.69) is 9.98 Å². The molecule has 0 saturated carbocycles. The predicted molar refractivity (Wildman–Crippen MR) is 73.6 cm³/mol. The van der Waals surface area contributed by atoms with Crippen molar-refractivity contribution >= 4 is 5.96 Å². The number of aromatic nitrogens is 2. The van der Waals surface area contributed by atoms with E-state index in [1.807, 2.05) is 4.90 Å². The number of hydrogen-bond acceptors (Lipinski definition) is 2. The Morgan fingerprint density at radius 1 is 1.24 bits per heavy atom. The molecule has 0 aliphatic carbocycles. The lowest BCUT2D eigenvalue weighted by atomic mass is 10.2. The van der Waals surface area contributed by atoms with Crippen molar-refractivity contribution in [3.63, 3.8) is 0 Å². The number of imidazole rings is 1. The molecule has 2 N–H and O–H groups in total. The van der Waals surface area contributed by atoms with E-state index < -0.39 is 12.7 Å². The van der Waals surface area contributed by atoms with E-state index in [4.69, 9.17) is 5.73 Å². The minimum atomic E-state index is -4.27. The van der Waals surface area contributed by atoms with E-state index in [-0.39, 0.29) is 12.4 Å². The molecule has 5 nitrogen and oxygen atoms in total. The smallest absolute Gasteiger partial charge is 0.370 e. The molecule has 0 bridgehead atoms. The Kier molecular flexibility index (Phi) is 5.08. The zero-order valence-corrected chi connectivity index (χ0v) is 11.8. The van der Waals surface area contributed by atoms with Crippen LogP contribution < -0.4 is 5.73 Å². The molecular formula is C13H20F3N5. The van der Waals surface area contributed by atoms with Gasteiger partial charge in [0.2, 0.25) is 0 Å². The summed E-state index contributed by atoms with van der Waals surface area (Å²) < 4.78 is 38.3. The van der Waals surface area contributed by atoms with Gasteiger partial charge in [-0.1, -0.05) is 12.8 Å². The van der Waals surface area contributed by atoms with Gasteiger partial charge in [0, 0.05) is 25.5 Å². The van der Waals surface area contributed by atoms with Crippen molar-refractivity contribution in [2.24, 2.45) is 10.7 Å². The van der Waals surface area contributed by atoms with Gasteiger partial charge in [0.05, 0.1) is 0 Å². The summed E-state index contributed by atoms with van der Waals surface area (Å²) in [7, 11) is 0. The molecule has 2 heterocycles. The maximum Gasteiger partial charge on any atom is 0.406 e. The quantitative estimate of drug-likeness (QED) is 0.687. The summed E-state index contributed by atoms with van der Waals surface area (Å²) in [6, 6.07) is 0. The van der Waals surface area contributed by atoms with Crippen molar-refractivity contribution in [2.45, 2.75) is 44.9 Å². The second-order valence-corrected chi connectivity index (χ2v) is 5.16. The van der Waals surface area contributed by atoms with E-state index >= 15 is 0 Å². The number of nitrogens with two attached hydrogens (primary N) is 1. The van der Waals surface area contributed by atoms with Gasteiger partial charge in [-0.25, -0.2) is 9.98 Å². The summed E-state index contributed by atoms with van der Waals surface area (Å²) in [4.78, 5) is 10.1. The molecule has 118 valence electrons. The third-order valence-electron chi connectivity index (χ3n) is 3.46. The van der Waals surface area contributed by atoms with Gasteiger partial charge in [-0.15, -0.1) is 0 Å². The Bertz CT molecular complexity index is 472. The lowest BCUT2D eigenvalue weighted by Gasteiger charge is -2.21. The molecule has 1 aliphatic rings. The molecule has 1 fully saturated rings. The van der Waals surface area contributed by atoms with Gasteiger partial charge in [-0.05, 0) is 12.8 Å². The van der Waals surface area contributed by atoms with E-state index in [1.54, 1.807) is 0 Å². The average Bonchev–Trinajstić information content (AvgIpc) is 2.66. The van der Waals surface area contributed by atoms with Crippen LogP contribution in [0.25, 0.3) is 0 Å². The predicted octanol–water partition coefficient (Wildman–Crippen LogP) is 2.14. The summed E-state index contributed by atoms with van der Waals surface area (Å²) in [6.07, 6.45) is 2.88. The maximum absolute atomic E-state index is 12.4. The van der Waals surface area contributed by atoms with Crippen LogP contribution >= 0.6 is 0 Å². The number of hydrogen-bond donors (Lipinski definition) is 1. The monoisotopic (exact) mass is 303 g/mol. The molecule has 1 aliphatic heterocycles. The maximum atomic E-state index is 12.4. The molecule has 2 rings (SSSR count). The van der Waals surface area contributed by atoms with E-state index in [1.165, 1.54) is 25.2 Å². The van der Waals surface area contributed by atoms with Crippen molar-refractivity contribution < 1.29 is 13.2 Å². The Morgan fingerprint density at radius 2 is 1.90 bits per heavy atom. The first-order chi connectivity index (χ1) is 9.96. The van der Waals surface area contributed by atoms with Crippen LogP contribution in [0.2, 0.25) is 0 Å². The second-order valence-electron chi connectivity index (χ2n) is 5.16. The Balaban J connectivity index is 1.98. The number of alkyl halides is 3. The van der Waals surface area contributed by atoms with Gasteiger partial charge < -0.3 is 15.2 Å². The van der Waals surface area contributed by atoms with Crippen LogP contribution in [0, 0.1) is 0 Å². The molecule has 0 atom stereocenters. The summed E-state index contributed by atoms with van der Waals surface area (Å²) in [5.74, 6) is 0.656. The molecule has 0 unspecified atom stereocenters. The summed E-state index contributed by atoms with van der Waals surface area (Å²) in [5, 5.41) is 0. The van der Waals surface area contributed by atoms with Gasteiger partial charge >= 0.3 is 6.18 Å². The molecular weight excluding hydrogens is 283 g/mol. The van der Waals surface area contributed by atoms with Crippen LogP contribution in [0.1, 0.15) is 31.5 Å². The molecule has 0 radical (unpaired) electrons. The van der Waals surface area contributed by atoms with Gasteiger partial charge in [-0.2, -0.15) is 13.2 Å². The number of nitrogens with zero attached hydrogens (tertiary/aromatic N) is 4. The second kappa shape index (κ2) is 6.82. The minimum Gasteiger partial charge on any atom is -0.370 e. The summed E-state index contributed by atoms with van der Waals surface area (Å²) in [5.41, 5.74) is 5.93. The SMILES string of the molecule is NC(=NCc1nccn1CC(F)(F)F)N1CCCCCC1. The summed E-state index contributed by atoms with van der Waals surface area (Å²) >= 11 is 0. The standard InChI is InChI=1S/C13H20F3N5/c14-13(15,16)10-21-8-5-18-11(21)9-19-12(17)20-6-3-1-2-4-7-20/h5,8H,1-4,6-7,9-10H2,(H2,17,19). The Morgan fingerprint density at radius 3 is 2.52 bits per heavy atom. The third-order valence-corrected chi connectivity index (χ3v) is 3.46. The van der Waals surface area contributed by atoms with Crippen molar-refractivity contribution in [3.05, 3.63) is 18.2 Å². The molecule has 1 aromatic rings. The first-order valence-electron chi connectivity index (χ1n) is 7.07. The Labute approximate surface area is 121 Å². The molecule has 0 amide bonds. The first-order valence-corrected chi connectivity index (χ1v) is 7.07. The zero-order chi connectivity index (χ0) is 15.3. The van der Waals surface area contributed by atoms with Gasteiger partial charge in [-0.3, -0.25) is 0 Å². The number of halogens is 3. The molecule has 8 heteroatoms. The third kappa shape index (κ3) is 4.95. The van der Waals surface area contributed by atoms with Crippen LogP contribution in [-0.2, 0) is 13.1 Å². The first kappa shape index (κ1) is 15.7. The summed E-state index contributed by atoms with van der Waals surface area (Å²) in [6.45, 7) is 0.714. The van der Waals surface area contributed by atoms with Crippen LogP contribution in [0.3, 0.4) is 0 Å². The highest BCUT2D eigenvalue weighted by Crippen LogP contribution is 2.18.